The molecule has 0 atom stereocenters. The molecule has 0 N–H and O–H groups in total. The molecule has 1 aliphatic carbocycles. The Labute approximate surface area is 74.9 Å². The highest BCUT2D eigenvalue weighted by molar-refractivity contribution is 5.96. The Hall–Kier alpha value is -0.590. The molecule has 0 radical (unpaired) electrons. The van der Waals surface area contributed by atoms with Crippen molar-refractivity contribution in [3.05, 3.63) is 11.6 Å². The van der Waals surface area contributed by atoms with Crippen LogP contribution in [0.5, 0.6) is 0 Å². The van der Waals surface area contributed by atoms with E-state index in [0.717, 1.165) is 24.8 Å². The van der Waals surface area contributed by atoms with E-state index in [4.69, 9.17) is 0 Å². The van der Waals surface area contributed by atoms with Gasteiger partial charge in [0.2, 0.25) is 0 Å². The average Bonchev–Trinajstić information content (AvgIpc) is 1.91. The fraction of sp³-hybridized carbons (Fsp3) is 0.727. The van der Waals surface area contributed by atoms with Gasteiger partial charge >= 0.3 is 0 Å². The lowest BCUT2D eigenvalue weighted by Crippen LogP contribution is -2.12. The third-order valence-corrected chi connectivity index (χ3v) is 2.07. The molecule has 0 spiro atoms. The van der Waals surface area contributed by atoms with E-state index in [1.165, 1.54) is 6.42 Å². The Morgan fingerprint density at radius 1 is 1.17 bits per heavy atom. The Kier molecular flexibility index (Phi) is 2.71. The summed E-state index contributed by atoms with van der Waals surface area (Å²) in [6, 6.07) is 0. The molecule has 0 saturated heterocycles. The number of carbonyl (C=O) groups is 1. The zero-order chi connectivity index (χ0) is 9.19. The fourth-order valence-electron chi connectivity index (χ4n) is 1.58. The van der Waals surface area contributed by atoms with E-state index >= 15 is 0 Å². The Bertz CT molecular complexity index is 206. The molecular weight excluding hydrogens is 148 g/mol. The highest BCUT2D eigenvalue weighted by Gasteiger charge is 2.17. The minimum atomic E-state index is 0.155. The third-order valence-electron chi connectivity index (χ3n) is 2.07. The molecule has 1 fully saturated rings. The van der Waals surface area contributed by atoms with Gasteiger partial charge in [-0.3, -0.25) is 4.79 Å². The van der Waals surface area contributed by atoms with Gasteiger partial charge in [0.1, 0.15) is 0 Å². The van der Waals surface area contributed by atoms with Crippen LogP contribution in [-0.2, 0) is 4.79 Å². The topological polar surface area (TPSA) is 17.1 Å². The van der Waals surface area contributed by atoms with Crippen molar-refractivity contribution in [1.82, 2.24) is 0 Å². The maximum atomic E-state index is 11.4. The van der Waals surface area contributed by atoms with Gasteiger partial charge in [-0.1, -0.05) is 26.8 Å². The predicted octanol–water partition coefficient (Wildman–Crippen LogP) is 3.10. The van der Waals surface area contributed by atoms with Gasteiger partial charge in [-0.05, 0) is 30.3 Å². The third kappa shape index (κ3) is 2.80. The van der Waals surface area contributed by atoms with Crippen molar-refractivity contribution in [1.29, 1.82) is 0 Å². The van der Waals surface area contributed by atoms with Gasteiger partial charge in [-0.2, -0.15) is 0 Å². The first kappa shape index (κ1) is 9.50. The highest BCUT2D eigenvalue weighted by Crippen LogP contribution is 2.25. The first-order valence-electron chi connectivity index (χ1n) is 4.74. The van der Waals surface area contributed by atoms with E-state index < -0.39 is 0 Å². The number of allylic oxidation sites excluding steroid dienone is 2. The smallest absolute Gasteiger partial charge is 0.158 e. The SMILES string of the molecule is CC(C)(C)/C=C1\CCCCC1=O. The largest absolute Gasteiger partial charge is 0.295 e. The van der Waals surface area contributed by atoms with Crippen molar-refractivity contribution in [2.24, 2.45) is 5.41 Å². The second kappa shape index (κ2) is 3.42. The molecule has 0 bridgehead atoms. The van der Waals surface area contributed by atoms with Crippen LogP contribution in [0.15, 0.2) is 11.6 Å². The molecule has 0 aromatic rings. The second-order valence-corrected chi connectivity index (χ2v) is 4.67. The molecule has 1 rings (SSSR count). The zero-order valence-electron chi connectivity index (χ0n) is 8.31. The molecule has 1 saturated carbocycles. The monoisotopic (exact) mass is 166 g/mol. The van der Waals surface area contributed by atoms with Crippen LogP contribution in [0.4, 0.5) is 0 Å². The minimum Gasteiger partial charge on any atom is -0.295 e. The van der Waals surface area contributed by atoms with Crippen molar-refractivity contribution in [3.63, 3.8) is 0 Å². The Balaban J connectivity index is 2.72. The van der Waals surface area contributed by atoms with Crippen molar-refractivity contribution < 1.29 is 4.79 Å². The lowest BCUT2D eigenvalue weighted by atomic mass is 9.86. The van der Waals surface area contributed by atoms with Crippen LogP contribution in [0.1, 0.15) is 46.5 Å². The first-order chi connectivity index (χ1) is 5.49. The van der Waals surface area contributed by atoms with Crippen LogP contribution in [0.3, 0.4) is 0 Å². The van der Waals surface area contributed by atoms with Gasteiger partial charge in [0, 0.05) is 6.42 Å². The molecule has 0 aliphatic heterocycles. The average molecular weight is 166 g/mol. The molecule has 0 amide bonds. The van der Waals surface area contributed by atoms with Crippen molar-refractivity contribution in [3.8, 4) is 0 Å². The summed E-state index contributed by atoms with van der Waals surface area (Å²) in [4.78, 5) is 11.4. The van der Waals surface area contributed by atoms with Gasteiger partial charge in [0.25, 0.3) is 0 Å². The molecule has 0 aromatic carbocycles. The van der Waals surface area contributed by atoms with Crippen LogP contribution in [0.2, 0.25) is 0 Å². The summed E-state index contributed by atoms with van der Waals surface area (Å²) in [6.07, 6.45) is 6.17. The highest BCUT2D eigenvalue weighted by atomic mass is 16.1. The van der Waals surface area contributed by atoms with Crippen molar-refractivity contribution >= 4 is 5.78 Å². The quantitative estimate of drug-likeness (QED) is 0.505. The minimum absolute atomic E-state index is 0.155. The molecule has 0 heterocycles. The lowest BCUT2D eigenvalue weighted by molar-refractivity contribution is -0.116. The summed E-state index contributed by atoms with van der Waals surface area (Å²) in [7, 11) is 0. The Morgan fingerprint density at radius 3 is 2.25 bits per heavy atom. The number of Topliss-reactive ketones (excluding diaryl/α,β-unsaturated/α-hetero) is 1. The second-order valence-electron chi connectivity index (χ2n) is 4.67. The predicted molar refractivity (Wildman–Crippen MR) is 51.0 cm³/mol. The molecule has 0 aromatic heterocycles. The number of rotatable bonds is 0. The standard InChI is InChI=1S/C11H18O/c1-11(2,3)8-9-6-4-5-7-10(9)12/h8H,4-7H2,1-3H3/b9-8+. The molecule has 1 aliphatic rings. The van der Waals surface area contributed by atoms with E-state index in [-0.39, 0.29) is 5.41 Å². The van der Waals surface area contributed by atoms with Gasteiger partial charge in [-0.15, -0.1) is 0 Å². The van der Waals surface area contributed by atoms with Gasteiger partial charge in [0.05, 0.1) is 0 Å². The van der Waals surface area contributed by atoms with Crippen molar-refractivity contribution in [2.45, 2.75) is 46.5 Å². The molecule has 12 heavy (non-hydrogen) atoms. The van der Waals surface area contributed by atoms with Gasteiger partial charge < -0.3 is 0 Å². The van der Waals surface area contributed by atoms with E-state index in [1.807, 2.05) is 0 Å². The van der Waals surface area contributed by atoms with Crippen molar-refractivity contribution in [2.75, 3.05) is 0 Å². The van der Waals surface area contributed by atoms with Crippen LogP contribution in [-0.4, -0.2) is 5.78 Å². The summed E-state index contributed by atoms with van der Waals surface area (Å²) in [6.45, 7) is 6.42. The summed E-state index contributed by atoms with van der Waals surface area (Å²) in [5.41, 5.74) is 1.22. The number of ketones is 1. The first-order valence-corrected chi connectivity index (χ1v) is 4.74. The number of carbonyl (C=O) groups excluding carboxylic acids is 1. The van der Waals surface area contributed by atoms with Gasteiger partial charge in [-0.25, -0.2) is 0 Å². The molecule has 1 nitrogen and oxygen atoms in total. The van der Waals surface area contributed by atoms with Gasteiger partial charge in [0.15, 0.2) is 5.78 Å². The van der Waals surface area contributed by atoms with E-state index in [0.29, 0.717) is 5.78 Å². The Morgan fingerprint density at radius 2 is 1.75 bits per heavy atom. The maximum absolute atomic E-state index is 11.4. The maximum Gasteiger partial charge on any atom is 0.158 e. The van der Waals surface area contributed by atoms with E-state index in [1.54, 1.807) is 0 Å². The molecule has 1 heteroatoms. The van der Waals surface area contributed by atoms with E-state index in [9.17, 15) is 4.79 Å². The fourth-order valence-corrected chi connectivity index (χ4v) is 1.58. The number of hydrogen-bond donors (Lipinski definition) is 0. The lowest BCUT2D eigenvalue weighted by Gasteiger charge is -2.18. The zero-order valence-corrected chi connectivity index (χ0v) is 8.31. The summed E-state index contributed by atoms with van der Waals surface area (Å²) in [5.74, 6) is 0.371. The molecule has 0 unspecified atom stereocenters. The summed E-state index contributed by atoms with van der Waals surface area (Å²) in [5, 5.41) is 0. The van der Waals surface area contributed by atoms with Crippen LogP contribution < -0.4 is 0 Å². The van der Waals surface area contributed by atoms with Crippen LogP contribution >= 0.6 is 0 Å². The van der Waals surface area contributed by atoms with Crippen LogP contribution in [0.25, 0.3) is 0 Å². The summed E-state index contributed by atoms with van der Waals surface area (Å²) >= 11 is 0. The molecule has 68 valence electrons. The number of hydrogen-bond acceptors (Lipinski definition) is 1. The normalized spacial score (nSPS) is 23.2. The van der Waals surface area contributed by atoms with E-state index in [2.05, 4.69) is 26.8 Å². The molecular formula is C11H18O. The summed E-state index contributed by atoms with van der Waals surface area (Å²) < 4.78 is 0. The van der Waals surface area contributed by atoms with Crippen LogP contribution in [0, 0.1) is 5.41 Å².